The number of nitrogens with one attached hydrogen (secondary N) is 2. The maximum atomic E-state index is 13.4. The first-order chi connectivity index (χ1) is 20.2. The topological polar surface area (TPSA) is 158 Å². The fourth-order valence-electron chi connectivity index (χ4n) is 3.95. The Bertz CT molecular complexity index is 1620. The molecular weight excluding hydrogens is 592 g/mol. The van der Waals surface area contributed by atoms with Crippen LogP contribution in [0.15, 0.2) is 95.4 Å². The highest BCUT2D eigenvalue weighted by Gasteiger charge is 2.19. The number of nitrogens with zero attached hydrogens (tertiary/aromatic N) is 1. The molecule has 0 aliphatic heterocycles. The van der Waals surface area contributed by atoms with Crippen LogP contribution in [0, 0.1) is 10.1 Å². The normalized spacial score (nSPS) is 11.4. The summed E-state index contributed by atoms with van der Waals surface area (Å²) in [6.45, 7) is 0. The number of furan rings is 1. The van der Waals surface area contributed by atoms with E-state index in [0.29, 0.717) is 34.8 Å². The summed E-state index contributed by atoms with van der Waals surface area (Å²) in [6, 6.07) is 21.8. The zero-order chi connectivity index (χ0) is 30.1. The number of nitro benzene ring substituents is 1. The molecule has 1 atom stereocenters. The number of thioether (sulfide) groups is 1. The molecule has 0 aliphatic rings. The van der Waals surface area contributed by atoms with Crippen LogP contribution in [0.3, 0.4) is 0 Å². The number of benzene rings is 3. The zero-order valence-corrected chi connectivity index (χ0v) is 24.7. The lowest BCUT2D eigenvalue weighted by Gasteiger charge is -2.16. The summed E-state index contributed by atoms with van der Waals surface area (Å²) in [7, 11) is 0. The maximum Gasteiger partial charge on any atom is 0.269 e. The Hall–Kier alpha value is -4.71. The van der Waals surface area contributed by atoms with E-state index in [9.17, 15) is 24.5 Å². The number of carbonyl (C=O) groups excluding carboxylic acids is 3. The van der Waals surface area contributed by atoms with Gasteiger partial charge in [-0.05, 0) is 67.0 Å². The molecule has 0 unspecified atom stereocenters. The van der Waals surface area contributed by atoms with E-state index in [1.807, 2.05) is 6.26 Å². The smallest absolute Gasteiger partial charge is 0.269 e. The lowest BCUT2D eigenvalue weighted by molar-refractivity contribution is -0.384. The average molecular weight is 621 g/mol. The fraction of sp³-hybridized carbons (Fsp3) is 0.129. The molecule has 1 aromatic heterocycles. The Morgan fingerprint density at radius 2 is 1.72 bits per heavy atom. The molecule has 222 valence electrons. The molecule has 0 fully saturated rings. The number of rotatable bonds is 12. The minimum Gasteiger partial charge on any atom is -0.457 e. The number of carbonyl (C=O) groups is 3. The van der Waals surface area contributed by atoms with Crippen molar-refractivity contribution in [3.05, 3.63) is 118 Å². The van der Waals surface area contributed by atoms with Gasteiger partial charge in [0.05, 0.1) is 16.7 Å². The van der Waals surface area contributed by atoms with Gasteiger partial charge in [-0.25, -0.2) is 0 Å². The Morgan fingerprint density at radius 3 is 2.40 bits per heavy atom. The second-order valence-corrected chi connectivity index (χ2v) is 10.1. The molecule has 0 bridgehead atoms. The summed E-state index contributed by atoms with van der Waals surface area (Å²) in [5, 5.41) is 16.3. The first-order valence-electron chi connectivity index (χ1n) is 12.9. The highest BCUT2D eigenvalue weighted by atomic mass is 35.5. The Kier molecular flexibility index (Phi) is 11.8. The molecule has 0 radical (unpaired) electrons. The van der Waals surface area contributed by atoms with Gasteiger partial charge in [-0.2, -0.15) is 11.8 Å². The lowest BCUT2D eigenvalue weighted by Crippen LogP contribution is -2.36. The molecule has 1 heterocycles. The van der Waals surface area contributed by atoms with Gasteiger partial charge in [-0.15, -0.1) is 12.4 Å². The Balaban J connectivity index is 0.00000506. The van der Waals surface area contributed by atoms with Gasteiger partial charge in [0.1, 0.15) is 11.5 Å². The van der Waals surface area contributed by atoms with Crippen LogP contribution in [0.2, 0.25) is 0 Å². The second kappa shape index (κ2) is 15.5. The van der Waals surface area contributed by atoms with Crippen molar-refractivity contribution in [3.8, 4) is 11.3 Å². The van der Waals surface area contributed by atoms with E-state index >= 15 is 0 Å². The second-order valence-electron chi connectivity index (χ2n) is 9.16. The van der Waals surface area contributed by atoms with E-state index in [1.54, 1.807) is 78.5 Å². The van der Waals surface area contributed by atoms with Gasteiger partial charge in [0.25, 0.3) is 5.69 Å². The molecule has 0 saturated carbocycles. The quantitative estimate of drug-likeness (QED) is 0.0733. The van der Waals surface area contributed by atoms with Crippen molar-refractivity contribution in [1.82, 2.24) is 0 Å². The number of amides is 2. The molecular formula is C31H29ClN4O6S. The van der Waals surface area contributed by atoms with Gasteiger partial charge in [-0.1, -0.05) is 30.3 Å². The van der Waals surface area contributed by atoms with Gasteiger partial charge < -0.3 is 20.8 Å². The number of non-ortho nitro benzene ring substituents is 1. The predicted molar refractivity (Wildman–Crippen MR) is 172 cm³/mol. The summed E-state index contributed by atoms with van der Waals surface area (Å²) in [5.41, 5.74) is 7.89. The largest absolute Gasteiger partial charge is 0.457 e. The third-order valence-corrected chi connectivity index (χ3v) is 6.83. The van der Waals surface area contributed by atoms with Crippen molar-refractivity contribution in [1.29, 1.82) is 0 Å². The van der Waals surface area contributed by atoms with Gasteiger partial charge in [0.15, 0.2) is 5.78 Å². The monoisotopic (exact) mass is 620 g/mol. The summed E-state index contributed by atoms with van der Waals surface area (Å²) in [5.74, 6) is 0.396. The highest BCUT2D eigenvalue weighted by Crippen LogP contribution is 2.26. The molecule has 43 heavy (non-hydrogen) atoms. The summed E-state index contributed by atoms with van der Waals surface area (Å²) >= 11 is 1.58. The van der Waals surface area contributed by atoms with E-state index in [0.717, 1.165) is 5.75 Å². The molecule has 3 aromatic carbocycles. The van der Waals surface area contributed by atoms with Gasteiger partial charge in [-0.3, -0.25) is 24.5 Å². The van der Waals surface area contributed by atoms with Crippen LogP contribution in [0.25, 0.3) is 17.4 Å². The van der Waals surface area contributed by atoms with E-state index < -0.39 is 22.8 Å². The van der Waals surface area contributed by atoms with E-state index in [2.05, 4.69) is 10.6 Å². The SMILES string of the molecule is CSCC[C@@H](N)C(=O)Nc1ccc(NC(=O)/C=C/c2ccc(-c3ccc([N+](=O)[O-])cc3)o2)cc1C(=O)c1ccccc1.Cl. The van der Waals surface area contributed by atoms with Crippen molar-refractivity contribution in [2.24, 2.45) is 5.73 Å². The van der Waals surface area contributed by atoms with E-state index in [-0.39, 0.29) is 35.1 Å². The zero-order valence-electron chi connectivity index (χ0n) is 23.0. The molecule has 10 nitrogen and oxygen atoms in total. The summed E-state index contributed by atoms with van der Waals surface area (Å²) < 4.78 is 5.73. The van der Waals surface area contributed by atoms with Crippen molar-refractivity contribution in [2.45, 2.75) is 12.5 Å². The summed E-state index contributed by atoms with van der Waals surface area (Å²) in [6.07, 6.45) is 5.17. The predicted octanol–water partition coefficient (Wildman–Crippen LogP) is 6.18. The maximum absolute atomic E-state index is 13.4. The number of nitro groups is 1. The van der Waals surface area contributed by atoms with Crippen LogP contribution in [-0.4, -0.2) is 40.6 Å². The minimum atomic E-state index is -0.732. The minimum absolute atomic E-state index is 0. The number of ketones is 1. The van der Waals surface area contributed by atoms with Crippen molar-refractivity contribution in [3.63, 3.8) is 0 Å². The Morgan fingerprint density at radius 1 is 1.00 bits per heavy atom. The molecule has 4 rings (SSSR count). The number of anilines is 2. The third kappa shape index (κ3) is 8.89. The van der Waals surface area contributed by atoms with Crippen LogP contribution in [0.1, 0.15) is 28.1 Å². The fourth-order valence-corrected chi connectivity index (χ4v) is 4.44. The number of hydrogen-bond donors (Lipinski definition) is 3. The molecule has 12 heteroatoms. The van der Waals surface area contributed by atoms with Gasteiger partial charge >= 0.3 is 0 Å². The average Bonchev–Trinajstić information content (AvgIpc) is 3.49. The van der Waals surface area contributed by atoms with Crippen molar-refractivity contribution >= 4 is 64.9 Å². The Labute approximate surface area is 258 Å². The number of hydrogen-bond acceptors (Lipinski definition) is 8. The summed E-state index contributed by atoms with van der Waals surface area (Å²) in [4.78, 5) is 49.1. The first kappa shape index (κ1) is 32.8. The molecule has 0 spiro atoms. The molecule has 2 amide bonds. The van der Waals surface area contributed by atoms with Crippen molar-refractivity contribution < 1.29 is 23.7 Å². The number of halogens is 1. The molecule has 0 saturated heterocycles. The molecule has 4 N–H and O–H groups in total. The van der Waals surface area contributed by atoms with Crippen LogP contribution in [-0.2, 0) is 9.59 Å². The highest BCUT2D eigenvalue weighted by molar-refractivity contribution is 7.98. The van der Waals surface area contributed by atoms with Crippen LogP contribution >= 0.6 is 24.2 Å². The van der Waals surface area contributed by atoms with E-state index in [4.69, 9.17) is 10.2 Å². The standard InChI is InChI=1S/C31H28N4O6S.ClH/c1-42-18-17-26(32)31(38)34-27-14-9-22(19-25(27)30(37)21-5-3-2-4-6-21)33-29(36)16-13-24-12-15-28(41-24)20-7-10-23(11-8-20)35(39)40;/h2-16,19,26H,17-18,32H2,1H3,(H,33,36)(H,34,38);1H/b16-13+;/t26-;/m1./s1. The van der Waals surface area contributed by atoms with Crippen LogP contribution in [0.4, 0.5) is 17.1 Å². The lowest BCUT2D eigenvalue weighted by atomic mass is 10.0. The van der Waals surface area contributed by atoms with E-state index in [1.165, 1.54) is 30.4 Å². The van der Waals surface area contributed by atoms with Crippen LogP contribution in [0.5, 0.6) is 0 Å². The third-order valence-electron chi connectivity index (χ3n) is 6.18. The van der Waals surface area contributed by atoms with Gasteiger partial charge in [0.2, 0.25) is 11.8 Å². The van der Waals surface area contributed by atoms with Crippen molar-refractivity contribution in [2.75, 3.05) is 22.6 Å². The van der Waals surface area contributed by atoms with Gasteiger partial charge in [0, 0.05) is 40.6 Å². The first-order valence-corrected chi connectivity index (χ1v) is 14.3. The molecule has 0 aliphatic carbocycles. The number of nitrogens with two attached hydrogens (primary N) is 1. The van der Waals surface area contributed by atoms with Crippen LogP contribution < -0.4 is 16.4 Å². The molecule has 4 aromatic rings.